The van der Waals surface area contributed by atoms with E-state index in [4.69, 9.17) is 14.2 Å². The number of hydrogen-bond acceptors (Lipinski definition) is 5. The molecule has 0 N–H and O–H groups in total. The maximum Gasteiger partial charge on any atom is 0.178 e. The quantitative estimate of drug-likeness (QED) is 0.156. The van der Waals surface area contributed by atoms with E-state index in [9.17, 15) is 8.42 Å². The zero-order valence-electron chi connectivity index (χ0n) is 22.4. The largest absolute Gasteiger partial charge is 0.497 e. The standard InChI is InChI=1S/C31H44O5S/c1-34-29-20-16-27(17-21-29)14-15-28-18-22-30(23-19-28)37(32,33)26-12-8-6-4-2-3-5-7-10-24-35-31-13-9-11-25-36-31/h14-23,31H,2-13,24-26H2,1H3. The van der Waals surface area contributed by atoms with Crippen molar-refractivity contribution in [2.24, 2.45) is 0 Å². The van der Waals surface area contributed by atoms with Gasteiger partial charge in [-0.1, -0.05) is 81.4 Å². The second-order valence-electron chi connectivity index (χ2n) is 9.84. The van der Waals surface area contributed by atoms with Crippen LogP contribution in [0.5, 0.6) is 5.75 Å². The number of sulfone groups is 1. The fraction of sp³-hybridized carbons (Fsp3) is 0.548. The molecule has 1 heterocycles. The summed E-state index contributed by atoms with van der Waals surface area (Å²) in [5.74, 6) is 1.04. The molecule has 3 rings (SSSR count). The van der Waals surface area contributed by atoms with Crippen molar-refractivity contribution in [2.75, 3.05) is 26.1 Å². The highest BCUT2D eigenvalue weighted by molar-refractivity contribution is 7.91. The molecular formula is C31H44O5S. The van der Waals surface area contributed by atoms with Crippen molar-refractivity contribution in [3.63, 3.8) is 0 Å². The van der Waals surface area contributed by atoms with E-state index in [1.54, 1.807) is 19.2 Å². The summed E-state index contributed by atoms with van der Waals surface area (Å²) in [7, 11) is -1.58. The number of methoxy groups -OCH3 is 1. The molecule has 0 radical (unpaired) electrons. The molecule has 204 valence electrons. The van der Waals surface area contributed by atoms with Crippen molar-refractivity contribution in [2.45, 2.75) is 88.2 Å². The fourth-order valence-electron chi connectivity index (χ4n) is 4.50. The van der Waals surface area contributed by atoms with Crippen LogP contribution in [0.25, 0.3) is 12.2 Å². The first kappa shape index (κ1) is 29.4. The van der Waals surface area contributed by atoms with Crippen LogP contribution in [-0.2, 0) is 19.3 Å². The Labute approximate surface area is 224 Å². The van der Waals surface area contributed by atoms with Gasteiger partial charge in [-0.15, -0.1) is 0 Å². The highest BCUT2D eigenvalue weighted by atomic mass is 32.2. The van der Waals surface area contributed by atoms with Gasteiger partial charge in [-0.3, -0.25) is 0 Å². The van der Waals surface area contributed by atoms with E-state index in [2.05, 4.69) is 0 Å². The average molecular weight is 529 g/mol. The summed E-state index contributed by atoms with van der Waals surface area (Å²) in [6.07, 6.45) is 17.5. The van der Waals surface area contributed by atoms with Crippen LogP contribution in [0.15, 0.2) is 53.4 Å². The predicted molar refractivity (Wildman–Crippen MR) is 152 cm³/mol. The number of unbranched alkanes of at least 4 members (excludes halogenated alkanes) is 8. The molecule has 2 aromatic rings. The van der Waals surface area contributed by atoms with Gasteiger partial charge in [0.25, 0.3) is 0 Å². The zero-order chi connectivity index (χ0) is 26.2. The second-order valence-corrected chi connectivity index (χ2v) is 12.0. The third-order valence-corrected chi connectivity index (χ3v) is 8.64. The molecule has 1 atom stereocenters. The van der Waals surface area contributed by atoms with E-state index in [-0.39, 0.29) is 12.0 Å². The SMILES string of the molecule is COc1ccc(C=Cc2ccc(S(=O)(=O)CCCCCCCCCCCOC3CCCCO3)cc2)cc1. The summed E-state index contributed by atoms with van der Waals surface area (Å²) >= 11 is 0. The smallest absolute Gasteiger partial charge is 0.178 e. The Hall–Kier alpha value is -2.15. The molecule has 5 nitrogen and oxygen atoms in total. The normalized spacial score (nSPS) is 16.3. The van der Waals surface area contributed by atoms with E-state index >= 15 is 0 Å². The van der Waals surface area contributed by atoms with Gasteiger partial charge < -0.3 is 14.2 Å². The molecule has 0 amide bonds. The number of benzene rings is 2. The van der Waals surface area contributed by atoms with Gasteiger partial charge in [-0.05, 0) is 67.5 Å². The van der Waals surface area contributed by atoms with Crippen LogP contribution in [0.3, 0.4) is 0 Å². The maximum absolute atomic E-state index is 12.7. The third-order valence-electron chi connectivity index (χ3n) is 6.82. The Morgan fingerprint density at radius 1 is 0.784 bits per heavy atom. The minimum absolute atomic E-state index is 0.0322. The summed E-state index contributed by atoms with van der Waals surface area (Å²) in [6.45, 7) is 1.65. The van der Waals surface area contributed by atoms with Crippen molar-refractivity contribution >= 4 is 22.0 Å². The Bertz CT molecular complexity index is 1010. The minimum Gasteiger partial charge on any atom is -0.497 e. The maximum atomic E-state index is 12.7. The van der Waals surface area contributed by atoms with E-state index in [1.165, 1.54) is 38.5 Å². The van der Waals surface area contributed by atoms with Gasteiger partial charge in [0.1, 0.15) is 5.75 Å². The van der Waals surface area contributed by atoms with Crippen molar-refractivity contribution in [1.82, 2.24) is 0 Å². The van der Waals surface area contributed by atoms with Gasteiger partial charge in [0.05, 0.1) is 17.8 Å². The summed E-state index contributed by atoms with van der Waals surface area (Å²) in [6, 6.07) is 15.0. The van der Waals surface area contributed by atoms with Crippen molar-refractivity contribution in [3.8, 4) is 5.75 Å². The molecule has 37 heavy (non-hydrogen) atoms. The van der Waals surface area contributed by atoms with E-state index < -0.39 is 9.84 Å². The van der Waals surface area contributed by atoms with Crippen LogP contribution >= 0.6 is 0 Å². The molecule has 1 aliphatic rings. The first-order valence-corrected chi connectivity index (χ1v) is 15.6. The Balaban J connectivity index is 1.22. The van der Waals surface area contributed by atoms with Crippen LogP contribution in [0.1, 0.15) is 88.2 Å². The van der Waals surface area contributed by atoms with Gasteiger partial charge in [0.2, 0.25) is 0 Å². The van der Waals surface area contributed by atoms with Gasteiger partial charge in [-0.2, -0.15) is 0 Å². The minimum atomic E-state index is -3.23. The molecule has 1 saturated heterocycles. The highest BCUT2D eigenvalue weighted by Crippen LogP contribution is 2.19. The van der Waals surface area contributed by atoms with Crippen LogP contribution in [0, 0.1) is 0 Å². The van der Waals surface area contributed by atoms with Gasteiger partial charge in [0.15, 0.2) is 16.1 Å². The molecular weight excluding hydrogens is 484 g/mol. The first-order valence-electron chi connectivity index (χ1n) is 13.9. The molecule has 0 aromatic heterocycles. The summed E-state index contributed by atoms with van der Waals surface area (Å²) in [5.41, 5.74) is 2.04. The lowest BCUT2D eigenvalue weighted by molar-refractivity contribution is -0.162. The van der Waals surface area contributed by atoms with E-state index in [0.717, 1.165) is 68.6 Å². The fourth-order valence-corrected chi connectivity index (χ4v) is 5.87. The Kier molecular flexibility index (Phi) is 13.2. The number of hydrogen-bond donors (Lipinski definition) is 0. The topological polar surface area (TPSA) is 61.8 Å². The van der Waals surface area contributed by atoms with Crippen molar-refractivity contribution < 1.29 is 22.6 Å². The zero-order valence-corrected chi connectivity index (χ0v) is 23.2. The molecule has 6 heteroatoms. The van der Waals surface area contributed by atoms with Gasteiger partial charge >= 0.3 is 0 Å². The van der Waals surface area contributed by atoms with E-state index in [1.807, 2.05) is 48.6 Å². The lowest BCUT2D eigenvalue weighted by Gasteiger charge is -2.22. The first-order chi connectivity index (χ1) is 18.1. The molecule has 0 aliphatic carbocycles. The summed E-state index contributed by atoms with van der Waals surface area (Å²) in [4.78, 5) is 0.410. The average Bonchev–Trinajstić information content (AvgIpc) is 2.93. The van der Waals surface area contributed by atoms with Gasteiger partial charge in [0, 0.05) is 13.2 Å². The second kappa shape index (κ2) is 16.6. The van der Waals surface area contributed by atoms with Crippen LogP contribution in [-0.4, -0.2) is 40.8 Å². The van der Waals surface area contributed by atoms with Crippen molar-refractivity contribution in [1.29, 1.82) is 0 Å². The molecule has 2 aromatic carbocycles. The Morgan fingerprint density at radius 3 is 1.92 bits per heavy atom. The predicted octanol–water partition coefficient (Wildman–Crippen LogP) is 7.69. The highest BCUT2D eigenvalue weighted by Gasteiger charge is 2.14. The summed E-state index contributed by atoms with van der Waals surface area (Å²) < 4.78 is 41.9. The Morgan fingerprint density at radius 2 is 1.35 bits per heavy atom. The molecule has 0 spiro atoms. The molecule has 1 fully saturated rings. The summed E-state index contributed by atoms with van der Waals surface area (Å²) in [5, 5.41) is 0. The molecule has 1 unspecified atom stereocenters. The lowest BCUT2D eigenvalue weighted by atomic mass is 10.1. The van der Waals surface area contributed by atoms with Gasteiger partial charge in [-0.25, -0.2) is 8.42 Å². The molecule has 1 aliphatic heterocycles. The number of rotatable bonds is 17. The van der Waals surface area contributed by atoms with Crippen LogP contribution in [0.4, 0.5) is 0 Å². The molecule has 0 bridgehead atoms. The van der Waals surface area contributed by atoms with Crippen molar-refractivity contribution in [3.05, 3.63) is 59.7 Å². The van der Waals surface area contributed by atoms with Crippen LogP contribution < -0.4 is 4.74 Å². The third kappa shape index (κ3) is 11.4. The molecule has 0 saturated carbocycles. The lowest BCUT2D eigenvalue weighted by Crippen LogP contribution is -2.22. The number of ether oxygens (including phenoxy) is 3. The van der Waals surface area contributed by atoms with Crippen LogP contribution in [0.2, 0.25) is 0 Å². The van der Waals surface area contributed by atoms with E-state index in [0.29, 0.717) is 4.90 Å². The monoisotopic (exact) mass is 528 g/mol.